The van der Waals surface area contributed by atoms with Crippen LogP contribution >= 0.6 is 37.2 Å². The van der Waals surface area contributed by atoms with E-state index in [1.54, 1.807) is 18.2 Å². The van der Waals surface area contributed by atoms with E-state index in [4.69, 9.17) is 19.9 Å². The monoisotopic (exact) mass is 712 g/mol. The summed E-state index contributed by atoms with van der Waals surface area (Å²) in [5, 5.41) is 2.90. The standard InChI is InChI=1S/C35H48N4O5.3ClH/c1-5-38(6-2)20-22-42-33-25-29(35(41)43-23-21-39(7-3)8-4)16-19-32(33)37-34(40)31(36)24-27-14-17-30(18-15-27)44-26-28-12-10-9-11-13-28;;;/h9-19,25,31H,5-8,20-24,26,36H2,1-4H3,(H,37,40);3*1H/t31-;;;/m1.../s1. The Kier molecular flexibility index (Phi) is 22.6. The second kappa shape index (κ2) is 24.1. The lowest BCUT2D eigenvalue weighted by Crippen LogP contribution is -2.37. The van der Waals surface area contributed by atoms with Crippen molar-refractivity contribution in [3.8, 4) is 11.5 Å². The van der Waals surface area contributed by atoms with Crippen LogP contribution in [-0.2, 0) is 22.6 Å². The van der Waals surface area contributed by atoms with Crippen molar-refractivity contribution in [2.24, 2.45) is 5.73 Å². The summed E-state index contributed by atoms with van der Waals surface area (Å²) in [6, 6.07) is 21.7. The number of anilines is 1. The van der Waals surface area contributed by atoms with Crippen LogP contribution in [0.1, 0.15) is 49.2 Å². The van der Waals surface area contributed by atoms with Gasteiger partial charge in [0.25, 0.3) is 0 Å². The highest BCUT2D eigenvalue weighted by Gasteiger charge is 2.19. The zero-order valence-corrected chi connectivity index (χ0v) is 30.3. The van der Waals surface area contributed by atoms with E-state index in [0.717, 1.165) is 43.1 Å². The molecule has 47 heavy (non-hydrogen) atoms. The Bertz CT molecular complexity index is 1290. The molecule has 0 bridgehead atoms. The van der Waals surface area contributed by atoms with Crippen LogP contribution in [-0.4, -0.2) is 80.2 Å². The topological polar surface area (TPSA) is 106 Å². The third-order valence-electron chi connectivity index (χ3n) is 7.53. The summed E-state index contributed by atoms with van der Waals surface area (Å²) in [5.74, 6) is 0.360. The van der Waals surface area contributed by atoms with E-state index >= 15 is 0 Å². The quantitative estimate of drug-likeness (QED) is 0.140. The van der Waals surface area contributed by atoms with Crippen LogP contribution in [0.25, 0.3) is 0 Å². The first-order valence-corrected chi connectivity index (χ1v) is 15.6. The highest BCUT2D eigenvalue weighted by atomic mass is 35.5. The summed E-state index contributed by atoms with van der Waals surface area (Å²) in [5.41, 5.74) is 9.13. The van der Waals surface area contributed by atoms with Gasteiger partial charge in [0, 0.05) is 13.1 Å². The predicted molar refractivity (Wildman–Crippen MR) is 197 cm³/mol. The maximum absolute atomic E-state index is 13.1. The van der Waals surface area contributed by atoms with Crippen molar-refractivity contribution in [3.05, 3.63) is 89.5 Å². The number of esters is 1. The molecule has 262 valence electrons. The number of ether oxygens (including phenoxy) is 3. The molecule has 1 atom stereocenters. The number of carbonyl (C=O) groups is 2. The molecule has 3 rings (SSSR count). The molecule has 3 aromatic carbocycles. The summed E-state index contributed by atoms with van der Waals surface area (Å²) < 4.78 is 17.4. The Morgan fingerprint density at radius 1 is 0.745 bits per heavy atom. The molecular formula is C35H51Cl3N4O5. The fraction of sp³-hybridized carbons (Fsp3) is 0.429. The Hall–Kier alpha value is -3.05. The first-order valence-electron chi connectivity index (χ1n) is 15.6. The van der Waals surface area contributed by atoms with Crippen LogP contribution < -0.4 is 20.5 Å². The summed E-state index contributed by atoms with van der Waals surface area (Å²) >= 11 is 0. The van der Waals surface area contributed by atoms with Crippen molar-refractivity contribution in [2.75, 3.05) is 57.8 Å². The van der Waals surface area contributed by atoms with Gasteiger partial charge >= 0.3 is 5.97 Å². The van der Waals surface area contributed by atoms with E-state index in [0.29, 0.717) is 56.3 Å². The van der Waals surface area contributed by atoms with Gasteiger partial charge in [-0.1, -0.05) is 70.2 Å². The lowest BCUT2D eigenvalue weighted by Gasteiger charge is -2.20. The van der Waals surface area contributed by atoms with E-state index in [1.165, 1.54) is 0 Å². The average molecular weight is 714 g/mol. The maximum Gasteiger partial charge on any atom is 0.338 e. The second-order valence-electron chi connectivity index (χ2n) is 10.5. The van der Waals surface area contributed by atoms with Crippen LogP contribution in [0.4, 0.5) is 5.69 Å². The maximum atomic E-state index is 13.1. The molecule has 0 aliphatic rings. The molecule has 0 unspecified atom stereocenters. The van der Waals surface area contributed by atoms with Gasteiger partial charge in [0.05, 0.1) is 17.3 Å². The molecular weight excluding hydrogens is 663 g/mol. The van der Waals surface area contributed by atoms with Gasteiger partial charge < -0.3 is 35.1 Å². The van der Waals surface area contributed by atoms with Gasteiger partial charge in [-0.15, -0.1) is 37.2 Å². The molecule has 3 aromatic rings. The van der Waals surface area contributed by atoms with Crippen molar-refractivity contribution in [2.45, 2.75) is 46.8 Å². The van der Waals surface area contributed by atoms with E-state index in [2.05, 4.69) is 42.8 Å². The number of rotatable bonds is 19. The van der Waals surface area contributed by atoms with E-state index in [-0.39, 0.29) is 43.1 Å². The SMILES string of the molecule is CCN(CC)CCOC(=O)c1ccc(NC(=O)[C@H](N)Cc2ccc(OCc3ccccc3)cc2)c(OCCN(CC)CC)c1.Cl.Cl.Cl. The van der Waals surface area contributed by atoms with E-state index in [9.17, 15) is 9.59 Å². The first kappa shape index (κ1) is 43.9. The third-order valence-corrected chi connectivity index (χ3v) is 7.53. The number of likely N-dealkylation sites (N-methyl/N-ethyl adjacent to an activating group) is 2. The van der Waals surface area contributed by atoms with Gasteiger partial charge in [-0.3, -0.25) is 4.79 Å². The van der Waals surface area contributed by atoms with Crippen LogP contribution in [0.5, 0.6) is 11.5 Å². The fourth-order valence-corrected chi connectivity index (χ4v) is 4.62. The Morgan fingerprint density at radius 2 is 1.34 bits per heavy atom. The molecule has 0 aromatic heterocycles. The molecule has 0 fully saturated rings. The molecule has 3 N–H and O–H groups in total. The minimum atomic E-state index is -0.792. The van der Waals surface area contributed by atoms with Crippen molar-refractivity contribution >= 4 is 54.8 Å². The number of hydrogen-bond donors (Lipinski definition) is 2. The van der Waals surface area contributed by atoms with Gasteiger partial charge in [-0.25, -0.2) is 4.79 Å². The number of nitrogens with zero attached hydrogens (tertiary/aromatic N) is 2. The Labute approximate surface area is 298 Å². The number of benzene rings is 3. The highest BCUT2D eigenvalue weighted by molar-refractivity contribution is 5.97. The molecule has 0 saturated carbocycles. The van der Waals surface area contributed by atoms with Gasteiger partial charge in [-0.05, 0) is 74.1 Å². The van der Waals surface area contributed by atoms with Gasteiger partial charge in [0.1, 0.15) is 31.3 Å². The average Bonchev–Trinajstić information content (AvgIpc) is 3.05. The largest absolute Gasteiger partial charge is 0.490 e. The van der Waals surface area contributed by atoms with Crippen LogP contribution in [0.15, 0.2) is 72.8 Å². The van der Waals surface area contributed by atoms with Gasteiger partial charge in [-0.2, -0.15) is 0 Å². The predicted octanol–water partition coefficient (Wildman–Crippen LogP) is 6.26. The molecule has 12 heteroatoms. The van der Waals surface area contributed by atoms with Crippen LogP contribution in [0.3, 0.4) is 0 Å². The zero-order valence-electron chi connectivity index (χ0n) is 27.8. The van der Waals surface area contributed by atoms with Gasteiger partial charge in [0.15, 0.2) is 0 Å². The minimum Gasteiger partial charge on any atom is -0.490 e. The molecule has 0 heterocycles. The molecule has 0 saturated heterocycles. The first-order chi connectivity index (χ1) is 21.4. The minimum absolute atomic E-state index is 0. The zero-order chi connectivity index (χ0) is 31.7. The lowest BCUT2D eigenvalue weighted by molar-refractivity contribution is -0.117. The normalized spacial score (nSPS) is 11.0. The molecule has 1 amide bonds. The summed E-state index contributed by atoms with van der Waals surface area (Å²) in [7, 11) is 0. The molecule has 0 aliphatic heterocycles. The summed E-state index contributed by atoms with van der Waals surface area (Å²) in [6.07, 6.45) is 0.347. The molecule has 0 aliphatic carbocycles. The number of hydrogen-bond acceptors (Lipinski definition) is 8. The fourth-order valence-electron chi connectivity index (χ4n) is 4.62. The van der Waals surface area contributed by atoms with E-state index < -0.39 is 12.0 Å². The summed E-state index contributed by atoms with van der Waals surface area (Å²) in [4.78, 5) is 30.3. The highest BCUT2D eigenvalue weighted by Crippen LogP contribution is 2.27. The lowest BCUT2D eigenvalue weighted by atomic mass is 10.1. The molecule has 0 radical (unpaired) electrons. The molecule has 9 nitrogen and oxygen atoms in total. The number of carbonyl (C=O) groups excluding carboxylic acids is 2. The van der Waals surface area contributed by atoms with Crippen molar-refractivity contribution < 1.29 is 23.8 Å². The number of halogens is 3. The van der Waals surface area contributed by atoms with Crippen LogP contribution in [0, 0.1) is 0 Å². The number of nitrogens with two attached hydrogens (primary N) is 1. The van der Waals surface area contributed by atoms with Crippen molar-refractivity contribution in [1.82, 2.24) is 9.80 Å². The van der Waals surface area contributed by atoms with Crippen molar-refractivity contribution in [1.29, 1.82) is 0 Å². The summed E-state index contributed by atoms with van der Waals surface area (Å²) in [6.45, 7) is 14.5. The third kappa shape index (κ3) is 15.1. The van der Waals surface area contributed by atoms with Crippen LogP contribution in [0.2, 0.25) is 0 Å². The van der Waals surface area contributed by atoms with Crippen molar-refractivity contribution in [3.63, 3.8) is 0 Å². The number of nitrogens with one attached hydrogen (secondary N) is 1. The second-order valence-corrected chi connectivity index (χ2v) is 10.5. The van der Waals surface area contributed by atoms with Gasteiger partial charge in [0.2, 0.25) is 5.91 Å². The Balaban J connectivity index is 0.00000705. The Morgan fingerprint density at radius 3 is 1.94 bits per heavy atom. The number of amides is 1. The van der Waals surface area contributed by atoms with E-state index in [1.807, 2.05) is 54.6 Å². The smallest absolute Gasteiger partial charge is 0.338 e. The molecule has 0 spiro atoms.